The van der Waals surface area contributed by atoms with Crippen LogP contribution in [0.25, 0.3) is 5.69 Å². The summed E-state index contributed by atoms with van der Waals surface area (Å²) >= 11 is 6.17. The number of nitrogens with zero attached hydrogens (tertiary/aromatic N) is 3. The van der Waals surface area contributed by atoms with Crippen LogP contribution in [0.15, 0.2) is 24.4 Å². The molecule has 106 valence electrons. The number of hydrogen-bond donors (Lipinski definition) is 1. The summed E-state index contributed by atoms with van der Waals surface area (Å²) in [5, 5.41) is 8.99. The first kappa shape index (κ1) is 13.4. The monoisotopic (exact) mass is 292 g/mol. The van der Waals surface area contributed by atoms with Crippen molar-refractivity contribution in [1.29, 1.82) is 0 Å². The van der Waals surface area contributed by atoms with Gasteiger partial charge in [0.05, 0.1) is 22.6 Å². The van der Waals surface area contributed by atoms with Gasteiger partial charge in [0, 0.05) is 18.9 Å². The first-order valence-corrected chi connectivity index (χ1v) is 7.14. The van der Waals surface area contributed by atoms with Gasteiger partial charge >= 0.3 is 0 Å². The molecule has 0 aliphatic carbocycles. The van der Waals surface area contributed by atoms with E-state index in [1.54, 1.807) is 22.9 Å². The third-order valence-electron chi connectivity index (χ3n) is 3.60. The molecule has 2 heterocycles. The molecule has 0 saturated carbocycles. The Labute approximate surface area is 122 Å². The summed E-state index contributed by atoms with van der Waals surface area (Å²) in [6.45, 7) is 1.69. The van der Waals surface area contributed by atoms with Gasteiger partial charge in [0.15, 0.2) is 0 Å². The van der Waals surface area contributed by atoms with Crippen LogP contribution < -0.4 is 5.73 Å². The number of benzene rings is 1. The Morgan fingerprint density at radius 2 is 2.15 bits per heavy atom. The molecule has 0 unspecified atom stereocenters. The average molecular weight is 293 g/mol. The summed E-state index contributed by atoms with van der Waals surface area (Å²) in [5.74, 6) is 0.630. The number of nitrogen functional groups attached to an aromatic ring is 1. The lowest BCUT2D eigenvalue weighted by molar-refractivity contribution is 0.0662. The predicted molar refractivity (Wildman–Crippen MR) is 78.0 cm³/mol. The molecular weight excluding hydrogens is 276 g/mol. The fourth-order valence-electron chi connectivity index (χ4n) is 2.46. The van der Waals surface area contributed by atoms with Gasteiger partial charge in [-0.05, 0) is 43.4 Å². The van der Waals surface area contributed by atoms with Crippen molar-refractivity contribution in [3.8, 4) is 5.69 Å². The second kappa shape index (κ2) is 5.81. The molecule has 3 rings (SSSR count). The van der Waals surface area contributed by atoms with E-state index in [-0.39, 0.29) is 0 Å². The van der Waals surface area contributed by atoms with Crippen LogP contribution >= 0.6 is 11.6 Å². The van der Waals surface area contributed by atoms with Crippen molar-refractivity contribution in [2.24, 2.45) is 5.92 Å². The number of ether oxygens (including phenoxy) is 1. The maximum absolute atomic E-state index is 6.17. The lowest BCUT2D eigenvalue weighted by atomic mass is 9.95. The van der Waals surface area contributed by atoms with E-state index in [1.165, 1.54) is 0 Å². The average Bonchev–Trinajstić information content (AvgIpc) is 2.91. The summed E-state index contributed by atoms with van der Waals surface area (Å²) in [7, 11) is 0. The molecule has 1 aromatic carbocycles. The number of hydrogen-bond acceptors (Lipinski definition) is 4. The third-order valence-corrected chi connectivity index (χ3v) is 3.92. The molecule has 20 heavy (non-hydrogen) atoms. The van der Waals surface area contributed by atoms with Gasteiger partial charge in [0.1, 0.15) is 0 Å². The van der Waals surface area contributed by atoms with Crippen LogP contribution in [0.3, 0.4) is 0 Å². The molecule has 5 nitrogen and oxygen atoms in total. The Bertz CT molecular complexity index is 593. The number of anilines is 1. The van der Waals surface area contributed by atoms with Crippen molar-refractivity contribution < 1.29 is 4.74 Å². The fourth-order valence-corrected chi connectivity index (χ4v) is 2.67. The largest absolute Gasteiger partial charge is 0.399 e. The summed E-state index contributed by atoms with van der Waals surface area (Å²) < 4.78 is 7.06. The number of nitrogens with two attached hydrogens (primary N) is 1. The topological polar surface area (TPSA) is 66.0 Å². The zero-order valence-corrected chi connectivity index (χ0v) is 11.9. The Morgan fingerprint density at radius 1 is 1.35 bits per heavy atom. The van der Waals surface area contributed by atoms with Gasteiger partial charge in [-0.1, -0.05) is 16.8 Å². The van der Waals surface area contributed by atoms with Crippen molar-refractivity contribution in [1.82, 2.24) is 15.0 Å². The standard InChI is InChI=1S/C14H17ClN4O/c15-13-2-1-11(16)8-14(13)19-9-12(17-18-19)7-10-3-5-20-6-4-10/h1-2,8-10H,3-7,16H2. The molecule has 2 N–H and O–H groups in total. The van der Waals surface area contributed by atoms with E-state index in [4.69, 9.17) is 22.1 Å². The van der Waals surface area contributed by atoms with Crippen molar-refractivity contribution in [3.63, 3.8) is 0 Å². The van der Waals surface area contributed by atoms with Crippen LogP contribution in [0.4, 0.5) is 5.69 Å². The van der Waals surface area contributed by atoms with Crippen LogP contribution in [0.1, 0.15) is 18.5 Å². The summed E-state index contributed by atoms with van der Waals surface area (Å²) in [5.41, 5.74) is 8.19. The Kier molecular flexibility index (Phi) is 3.89. The first-order valence-electron chi connectivity index (χ1n) is 6.77. The molecule has 1 saturated heterocycles. The van der Waals surface area contributed by atoms with E-state index >= 15 is 0 Å². The maximum Gasteiger partial charge on any atom is 0.0870 e. The van der Waals surface area contributed by atoms with Crippen LogP contribution in [-0.2, 0) is 11.2 Å². The molecule has 0 radical (unpaired) electrons. The van der Waals surface area contributed by atoms with Gasteiger partial charge < -0.3 is 10.5 Å². The molecule has 0 bridgehead atoms. The highest BCUT2D eigenvalue weighted by Gasteiger charge is 2.16. The lowest BCUT2D eigenvalue weighted by Crippen LogP contribution is -2.17. The summed E-state index contributed by atoms with van der Waals surface area (Å²) in [4.78, 5) is 0. The maximum atomic E-state index is 6.17. The molecule has 1 aromatic heterocycles. The zero-order chi connectivity index (χ0) is 13.9. The minimum absolute atomic E-state index is 0.613. The quantitative estimate of drug-likeness (QED) is 0.883. The van der Waals surface area contributed by atoms with Crippen LogP contribution in [0.2, 0.25) is 5.02 Å². The normalized spacial score (nSPS) is 16.4. The lowest BCUT2D eigenvalue weighted by Gasteiger charge is -2.20. The van der Waals surface area contributed by atoms with Crippen LogP contribution in [0.5, 0.6) is 0 Å². The molecule has 1 aliphatic rings. The minimum Gasteiger partial charge on any atom is -0.399 e. The zero-order valence-electron chi connectivity index (χ0n) is 11.1. The molecular formula is C14H17ClN4O. The molecule has 0 amide bonds. The highest BCUT2D eigenvalue weighted by Crippen LogP contribution is 2.23. The number of halogens is 1. The van der Waals surface area contributed by atoms with Gasteiger partial charge in [-0.25, -0.2) is 4.68 Å². The van der Waals surface area contributed by atoms with Crippen molar-refractivity contribution in [3.05, 3.63) is 35.1 Å². The van der Waals surface area contributed by atoms with E-state index in [9.17, 15) is 0 Å². The van der Waals surface area contributed by atoms with Gasteiger partial charge in [-0.3, -0.25) is 0 Å². The van der Waals surface area contributed by atoms with Crippen molar-refractivity contribution >= 4 is 17.3 Å². The smallest absolute Gasteiger partial charge is 0.0870 e. The summed E-state index contributed by atoms with van der Waals surface area (Å²) in [6, 6.07) is 5.34. The fraction of sp³-hybridized carbons (Fsp3) is 0.429. The van der Waals surface area contributed by atoms with E-state index in [2.05, 4.69) is 10.3 Å². The van der Waals surface area contributed by atoms with Crippen LogP contribution in [-0.4, -0.2) is 28.2 Å². The predicted octanol–water partition coefficient (Wildman–Crippen LogP) is 2.47. The highest BCUT2D eigenvalue weighted by atomic mass is 35.5. The van der Waals surface area contributed by atoms with E-state index in [0.29, 0.717) is 16.6 Å². The molecule has 0 atom stereocenters. The van der Waals surface area contributed by atoms with E-state index < -0.39 is 0 Å². The van der Waals surface area contributed by atoms with Gasteiger partial charge in [-0.15, -0.1) is 5.10 Å². The molecule has 0 spiro atoms. The molecule has 1 fully saturated rings. The minimum atomic E-state index is 0.613. The number of rotatable bonds is 3. The second-order valence-corrected chi connectivity index (χ2v) is 5.53. The molecule has 2 aromatic rings. The Balaban J connectivity index is 1.77. The van der Waals surface area contributed by atoms with Gasteiger partial charge in [0.25, 0.3) is 0 Å². The number of aromatic nitrogens is 3. The summed E-state index contributed by atoms with van der Waals surface area (Å²) in [6.07, 6.45) is 5.04. The van der Waals surface area contributed by atoms with Crippen molar-refractivity contribution in [2.75, 3.05) is 18.9 Å². The third kappa shape index (κ3) is 2.94. The Hall–Kier alpha value is -1.59. The van der Waals surface area contributed by atoms with E-state index in [0.717, 1.165) is 43.9 Å². The first-order chi connectivity index (χ1) is 9.72. The Morgan fingerprint density at radius 3 is 2.95 bits per heavy atom. The van der Waals surface area contributed by atoms with Gasteiger partial charge in [0.2, 0.25) is 0 Å². The van der Waals surface area contributed by atoms with Crippen molar-refractivity contribution in [2.45, 2.75) is 19.3 Å². The van der Waals surface area contributed by atoms with Crippen LogP contribution in [0, 0.1) is 5.92 Å². The molecule has 6 heteroatoms. The SMILES string of the molecule is Nc1ccc(Cl)c(-n2cc(CC3CCOCC3)nn2)c1. The van der Waals surface area contributed by atoms with Gasteiger partial charge in [-0.2, -0.15) is 0 Å². The highest BCUT2D eigenvalue weighted by molar-refractivity contribution is 6.32. The second-order valence-electron chi connectivity index (χ2n) is 5.13. The molecule has 1 aliphatic heterocycles. The van der Waals surface area contributed by atoms with E-state index in [1.807, 2.05) is 6.20 Å².